The van der Waals surface area contributed by atoms with E-state index in [1.165, 1.54) is 167 Å². The first-order valence-electron chi connectivity index (χ1n) is 39.7. The van der Waals surface area contributed by atoms with Crippen molar-refractivity contribution in [3.63, 3.8) is 0 Å². The first-order valence-corrected chi connectivity index (χ1v) is 42.7. The van der Waals surface area contributed by atoms with E-state index in [1.54, 1.807) is 0 Å². The van der Waals surface area contributed by atoms with E-state index >= 15 is 0 Å². The zero-order valence-corrected chi connectivity index (χ0v) is 64.8. The number of carbonyl (C=O) groups is 4. The van der Waals surface area contributed by atoms with Crippen LogP contribution < -0.4 is 0 Å². The van der Waals surface area contributed by atoms with Crippen molar-refractivity contribution in [3.8, 4) is 0 Å². The van der Waals surface area contributed by atoms with Crippen LogP contribution in [0.4, 0.5) is 0 Å². The number of esters is 4. The number of phosphoric ester groups is 2. The summed E-state index contributed by atoms with van der Waals surface area (Å²) in [4.78, 5) is 72.8. The van der Waals surface area contributed by atoms with Crippen LogP contribution in [0.25, 0.3) is 0 Å². The van der Waals surface area contributed by atoms with Gasteiger partial charge in [0.25, 0.3) is 0 Å². The summed E-state index contributed by atoms with van der Waals surface area (Å²) in [6.07, 6.45) is 57.8. The average Bonchev–Trinajstić information content (AvgIpc) is 1.27. The molecule has 0 aliphatic carbocycles. The van der Waals surface area contributed by atoms with Gasteiger partial charge in [0.15, 0.2) is 12.2 Å². The van der Waals surface area contributed by atoms with Gasteiger partial charge in [-0.2, -0.15) is 0 Å². The van der Waals surface area contributed by atoms with E-state index in [-0.39, 0.29) is 25.7 Å². The molecule has 0 aliphatic heterocycles. The molecule has 0 saturated carbocycles. The molecule has 0 radical (unpaired) electrons. The van der Waals surface area contributed by atoms with Gasteiger partial charge in [0.1, 0.15) is 19.3 Å². The highest BCUT2D eigenvalue weighted by atomic mass is 31.2. The van der Waals surface area contributed by atoms with Crippen molar-refractivity contribution in [1.29, 1.82) is 0 Å². The van der Waals surface area contributed by atoms with E-state index in [9.17, 15) is 43.2 Å². The minimum absolute atomic E-state index is 0.0840. The van der Waals surface area contributed by atoms with E-state index < -0.39 is 97.5 Å². The molecule has 0 aromatic carbocycles. The van der Waals surface area contributed by atoms with E-state index in [0.29, 0.717) is 31.6 Å². The van der Waals surface area contributed by atoms with Crippen LogP contribution in [0.3, 0.4) is 0 Å². The van der Waals surface area contributed by atoms with Gasteiger partial charge in [-0.05, 0) is 69.1 Å². The zero-order valence-electron chi connectivity index (χ0n) is 63.0. The van der Waals surface area contributed by atoms with Crippen LogP contribution in [-0.4, -0.2) is 96.7 Å². The lowest BCUT2D eigenvalue weighted by Crippen LogP contribution is -2.30. The van der Waals surface area contributed by atoms with Crippen LogP contribution in [0, 0.1) is 17.8 Å². The Morgan fingerprint density at radius 2 is 0.557 bits per heavy atom. The molecule has 0 bridgehead atoms. The van der Waals surface area contributed by atoms with Crippen LogP contribution >= 0.6 is 15.6 Å². The molecule has 0 saturated heterocycles. The van der Waals surface area contributed by atoms with Gasteiger partial charge in [0.05, 0.1) is 26.4 Å². The van der Waals surface area contributed by atoms with Crippen molar-refractivity contribution in [1.82, 2.24) is 0 Å². The Kier molecular flexibility index (Phi) is 66.3. The van der Waals surface area contributed by atoms with Gasteiger partial charge in [-0.15, -0.1) is 0 Å². The quantitative estimate of drug-likeness (QED) is 0.0169. The Bertz CT molecular complexity index is 1980. The fourth-order valence-electron chi connectivity index (χ4n) is 11.4. The third-order valence-corrected chi connectivity index (χ3v) is 19.4. The molecule has 0 rings (SSSR count). The van der Waals surface area contributed by atoms with Crippen molar-refractivity contribution in [2.75, 3.05) is 39.6 Å². The Morgan fingerprint density at radius 3 is 0.835 bits per heavy atom. The molecule has 0 aromatic heterocycles. The molecule has 0 heterocycles. The number of aliphatic hydroxyl groups is 1. The van der Waals surface area contributed by atoms with Gasteiger partial charge in [-0.1, -0.05) is 323 Å². The molecule has 0 spiro atoms. The standard InChI is InChI=1S/C78H148O17P2/c1-8-9-10-11-12-13-14-15-18-23-26-32-39-47-54-61-77(82)95-74(66-89-76(81)60-53-46-41-34-37-44-51-58-71(6)7)68-93-97(86,87)91-64-72(79)63-90-96(84,85)92-67-73(94-78(83)62-55-48-40-33-28-27-30-36-43-50-57-70(4)5)65-88-75(80)59-52-45-38-31-25-22-20-17-16-19-21-24-29-35-42-49-56-69(2)3/h13-15,18,69-74,79H,8-12,16-17,19-68H2,1-7H3,(H,84,85)(H,86,87)/b14-13-,18-15-/t72?,73-,74-/m1/s1. The Hall–Kier alpha value is -2.46. The molecule has 0 aliphatic rings. The lowest BCUT2D eigenvalue weighted by Gasteiger charge is -2.21. The topological polar surface area (TPSA) is 237 Å². The molecule has 0 fully saturated rings. The third-order valence-electron chi connectivity index (χ3n) is 17.5. The molecular weight excluding hydrogens is 1270 g/mol. The molecule has 19 heteroatoms. The van der Waals surface area contributed by atoms with Crippen LogP contribution in [0.15, 0.2) is 24.3 Å². The fraction of sp³-hybridized carbons (Fsp3) is 0.897. The average molecular weight is 1420 g/mol. The zero-order chi connectivity index (χ0) is 71.6. The number of allylic oxidation sites excluding steroid dienone is 4. The van der Waals surface area contributed by atoms with Crippen molar-refractivity contribution >= 4 is 39.5 Å². The molecule has 5 atom stereocenters. The summed E-state index contributed by atoms with van der Waals surface area (Å²) in [5.41, 5.74) is 0. The monoisotopic (exact) mass is 1420 g/mol. The summed E-state index contributed by atoms with van der Waals surface area (Å²) >= 11 is 0. The molecule has 0 aromatic rings. The fourth-order valence-corrected chi connectivity index (χ4v) is 13.0. The van der Waals surface area contributed by atoms with E-state index in [2.05, 4.69) is 72.8 Å². The number of unbranched alkanes of at least 4 members (excludes halogenated alkanes) is 39. The second kappa shape index (κ2) is 68.0. The third kappa shape index (κ3) is 71.7. The predicted octanol–water partition coefficient (Wildman–Crippen LogP) is 22.5. The first-order chi connectivity index (χ1) is 46.7. The van der Waals surface area contributed by atoms with Crippen molar-refractivity contribution in [3.05, 3.63) is 24.3 Å². The maximum atomic E-state index is 13.1. The maximum absolute atomic E-state index is 13.1. The minimum Gasteiger partial charge on any atom is -0.462 e. The van der Waals surface area contributed by atoms with Gasteiger partial charge in [0, 0.05) is 25.7 Å². The van der Waals surface area contributed by atoms with Gasteiger partial charge in [0.2, 0.25) is 0 Å². The van der Waals surface area contributed by atoms with Gasteiger partial charge >= 0.3 is 39.5 Å². The Labute approximate surface area is 592 Å². The SMILES string of the molecule is CCCCCC/C=C\C=C/CCCCCCCC(=O)O[C@H](COC(=O)CCCCCCCCCC(C)C)COP(=O)(O)OCC(O)COP(=O)(O)OC[C@@H](COC(=O)CCCCCCCCCCCCCCCCCCC(C)C)OC(=O)CCCCCCCCCCCCC(C)C. The molecule has 3 N–H and O–H groups in total. The molecule has 17 nitrogen and oxygen atoms in total. The normalized spacial score (nSPS) is 14.2. The second-order valence-electron chi connectivity index (χ2n) is 28.8. The summed E-state index contributed by atoms with van der Waals surface area (Å²) in [6, 6.07) is 0. The Balaban J connectivity index is 5.25. The number of aliphatic hydroxyl groups excluding tert-OH is 1. The number of rotatable bonds is 74. The lowest BCUT2D eigenvalue weighted by atomic mass is 10.0. The summed E-state index contributed by atoms with van der Waals surface area (Å²) in [5.74, 6) is 0.116. The van der Waals surface area contributed by atoms with Crippen molar-refractivity contribution in [2.24, 2.45) is 17.8 Å². The maximum Gasteiger partial charge on any atom is 0.472 e. The summed E-state index contributed by atoms with van der Waals surface area (Å²) < 4.78 is 68.5. The van der Waals surface area contributed by atoms with Crippen LogP contribution in [0.5, 0.6) is 0 Å². The highest BCUT2D eigenvalue weighted by Gasteiger charge is 2.30. The number of hydrogen-bond donors (Lipinski definition) is 3. The number of carbonyl (C=O) groups excluding carboxylic acids is 4. The smallest absolute Gasteiger partial charge is 0.462 e. The summed E-state index contributed by atoms with van der Waals surface area (Å²) in [6.45, 7) is 11.8. The summed E-state index contributed by atoms with van der Waals surface area (Å²) in [7, 11) is -9.93. The highest BCUT2D eigenvalue weighted by molar-refractivity contribution is 7.47. The molecule has 97 heavy (non-hydrogen) atoms. The molecular formula is C78H148O17P2. The van der Waals surface area contributed by atoms with Crippen LogP contribution in [0.1, 0.15) is 376 Å². The van der Waals surface area contributed by atoms with Gasteiger partial charge in [-0.3, -0.25) is 37.3 Å². The molecule has 3 unspecified atom stereocenters. The number of phosphoric acid groups is 2. The summed E-state index contributed by atoms with van der Waals surface area (Å²) in [5, 5.41) is 10.6. The lowest BCUT2D eigenvalue weighted by molar-refractivity contribution is -0.161. The number of ether oxygens (including phenoxy) is 4. The Morgan fingerprint density at radius 1 is 0.320 bits per heavy atom. The molecule has 0 amide bonds. The van der Waals surface area contributed by atoms with Crippen molar-refractivity contribution < 1.29 is 80.2 Å². The largest absolute Gasteiger partial charge is 0.472 e. The van der Waals surface area contributed by atoms with E-state index in [1.807, 2.05) is 0 Å². The predicted molar refractivity (Wildman–Crippen MR) is 395 cm³/mol. The molecule has 572 valence electrons. The van der Waals surface area contributed by atoms with E-state index in [0.717, 1.165) is 121 Å². The highest BCUT2D eigenvalue weighted by Crippen LogP contribution is 2.45. The van der Waals surface area contributed by atoms with Gasteiger partial charge in [-0.25, -0.2) is 9.13 Å². The first kappa shape index (κ1) is 94.5. The van der Waals surface area contributed by atoms with Crippen LogP contribution in [-0.2, 0) is 65.4 Å². The minimum atomic E-state index is -4.96. The van der Waals surface area contributed by atoms with E-state index in [4.69, 9.17) is 37.0 Å². The van der Waals surface area contributed by atoms with Gasteiger partial charge < -0.3 is 33.8 Å². The number of hydrogen-bond acceptors (Lipinski definition) is 15. The van der Waals surface area contributed by atoms with Crippen molar-refractivity contribution in [2.45, 2.75) is 394 Å². The second-order valence-corrected chi connectivity index (χ2v) is 31.7. The van der Waals surface area contributed by atoms with Crippen LogP contribution in [0.2, 0.25) is 0 Å².